The van der Waals surface area contributed by atoms with Crippen molar-refractivity contribution >= 4 is 54.4 Å². The summed E-state index contributed by atoms with van der Waals surface area (Å²) in [7, 11) is 0. The second-order valence-electron chi connectivity index (χ2n) is 12.7. The molecule has 0 saturated heterocycles. The Hall–Kier alpha value is -6.51. The number of aromatic nitrogens is 1. The number of nitrogens with zero attached hydrogens (tertiary/aromatic N) is 1. The molecule has 0 amide bonds. The molecular formula is C47H29NO. The van der Waals surface area contributed by atoms with Gasteiger partial charge in [0.15, 0.2) is 0 Å². The van der Waals surface area contributed by atoms with Crippen LogP contribution in [-0.2, 0) is 0 Å². The molecule has 0 radical (unpaired) electrons. The topological polar surface area (TPSA) is 26.0 Å². The molecule has 2 aromatic heterocycles. The van der Waals surface area contributed by atoms with E-state index in [2.05, 4.69) is 176 Å². The molecular weight excluding hydrogens is 595 g/mol. The van der Waals surface area contributed by atoms with E-state index in [1.165, 1.54) is 43.6 Å². The van der Waals surface area contributed by atoms with Gasteiger partial charge in [-0.25, -0.2) is 4.98 Å². The molecule has 0 aliphatic carbocycles. The highest BCUT2D eigenvalue weighted by Gasteiger charge is 2.17. The molecule has 0 aliphatic rings. The zero-order valence-corrected chi connectivity index (χ0v) is 26.6. The molecule has 0 saturated carbocycles. The molecule has 2 heterocycles. The smallest absolute Gasteiger partial charge is 0.143 e. The molecule has 10 rings (SSSR count). The monoisotopic (exact) mass is 623 g/mol. The van der Waals surface area contributed by atoms with Crippen LogP contribution in [0.4, 0.5) is 0 Å². The Morgan fingerprint density at radius 3 is 1.63 bits per heavy atom. The van der Waals surface area contributed by atoms with Crippen LogP contribution in [-0.4, -0.2) is 4.98 Å². The average Bonchev–Trinajstić information content (AvgIpc) is 3.56. The summed E-state index contributed by atoms with van der Waals surface area (Å²) in [6, 6.07) is 62.5. The number of hydrogen-bond acceptors (Lipinski definition) is 2. The number of pyridine rings is 1. The maximum atomic E-state index is 6.70. The SMILES string of the molecule is c1ccc(-c2ccc3oc4c(-c5cccc(-c6ccc7c8ccccc8c8ccccc8c7n6)c5)cc(-c5ccccc5)cc4c3c2)cc1. The molecule has 49 heavy (non-hydrogen) atoms. The summed E-state index contributed by atoms with van der Waals surface area (Å²) in [6.07, 6.45) is 0. The second-order valence-corrected chi connectivity index (χ2v) is 12.7. The number of hydrogen-bond donors (Lipinski definition) is 0. The van der Waals surface area contributed by atoms with Gasteiger partial charge in [0.1, 0.15) is 11.2 Å². The number of fused-ring (bicyclic) bond motifs is 9. The van der Waals surface area contributed by atoms with Crippen LogP contribution in [0, 0.1) is 0 Å². The minimum Gasteiger partial charge on any atom is -0.455 e. The standard InChI is InChI=1S/C47H29NO/c1-3-12-30(13-4-1)32-22-25-45-42(27-32)43-29-35(31-14-5-2-6-15-31)28-41(47(43)49-45)33-16-11-17-34(26-33)44-24-23-40-38-20-8-7-18-36(38)37-19-9-10-21-39(37)46(40)48-44/h1-29H. The third-order valence-corrected chi connectivity index (χ3v) is 9.84. The van der Waals surface area contributed by atoms with E-state index in [9.17, 15) is 0 Å². The molecule has 2 heteroatoms. The third-order valence-electron chi connectivity index (χ3n) is 9.84. The highest BCUT2D eigenvalue weighted by molar-refractivity contribution is 6.24. The number of benzene rings is 8. The van der Waals surface area contributed by atoms with E-state index in [1.807, 2.05) is 0 Å². The molecule has 10 aromatic rings. The summed E-state index contributed by atoms with van der Waals surface area (Å²) < 4.78 is 6.70. The van der Waals surface area contributed by atoms with Gasteiger partial charge in [0.25, 0.3) is 0 Å². The first-order valence-corrected chi connectivity index (χ1v) is 16.7. The van der Waals surface area contributed by atoms with Crippen LogP contribution in [0.3, 0.4) is 0 Å². The summed E-state index contributed by atoms with van der Waals surface area (Å²) in [5, 5.41) is 8.27. The van der Waals surface area contributed by atoms with Crippen LogP contribution in [0.25, 0.3) is 99.0 Å². The molecule has 0 unspecified atom stereocenters. The summed E-state index contributed by atoms with van der Waals surface area (Å²) in [6.45, 7) is 0. The van der Waals surface area contributed by atoms with Crippen molar-refractivity contribution in [2.45, 2.75) is 0 Å². The van der Waals surface area contributed by atoms with Gasteiger partial charge in [-0.2, -0.15) is 0 Å². The molecule has 0 bridgehead atoms. The average molecular weight is 624 g/mol. The minimum absolute atomic E-state index is 0.882. The van der Waals surface area contributed by atoms with Crippen molar-refractivity contribution in [3.63, 3.8) is 0 Å². The third kappa shape index (κ3) is 4.53. The molecule has 0 spiro atoms. The largest absolute Gasteiger partial charge is 0.455 e. The van der Waals surface area contributed by atoms with Crippen LogP contribution in [0.15, 0.2) is 180 Å². The molecule has 0 aliphatic heterocycles. The Balaban J connectivity index is 1.18. The van der Waals surface area contributed by atoms with Crippen molar-refractivity contribution < 1.29 is 4.42 Å². The summed E-state index contributed by atoms with van der Waals surface area (Å²) in [4.78, 5) is 5.34. The second kappa shape index (κ2) is 11.0. The van der Waals surface area contributed by atoms with E-state index in [-0.39, 0.29) is 0 Å². The Kier molecular flexibility index (Phi) is 6.22. The summed E-state index contributed by atoms with van der Waals surface area (Å²) in [5.41, 5.74) is 11.7. The van der Waals surface area contributed by atoms with Crippen molar-refractivity contribution in [1.82, 2.24) is 4.98 Å². The fourth-order valence-electron chi connectivity index (χ4n) is 7.47. The maximum Gasteiger partial charge on any atom is 0.143 e. The van der Waals surface area contributed by atoms with E-state index < -0.39 is 0 Å². The highest BCUT2D eigenvalue weighted by Crippen LogP contribution is 2.42. The van der Waals surface area contributed by atoms with Crippen LogP contribution in [0.1, 0.15) is 0 Å². The van der Waals surface area contributed by atoms with Crippen LogP contribution >= 0.6 is 0 Å². The first kappa shape index (κ1) is 27.6. The van der Waals surface area contributed by atoms with Gasteiger partial charge in [-0.15, -0.1) is 0 Å². The molecule has 0 atom stereocenters. The van der Waals surface area contributed by atoms with E-state index in [1.54, 1.807) is 0 Å². The zero-order valence-electron chi connectivity index (χ0n) is 26.6. The van der Waals surface area contributed by atoms with Crippen molar-refractivity contribution in [2.24, 2.45) is 0 Å². The van der Waals surface area contributed by atoms with Gasteiger partial charge >= 0.3 is 0 Å². The van der Waals surface area contributed by atoms with Gasteiger partial charge in [0.2, 0.25) is 0 Å². The lowest BCUT2D eigenvalue weighted by atomic mass is 9.93. The van der Waals surface area contributed by atoms with E-state index in [0.29, 0.717) is 0 Å². The number of rotatable bonds is 4. The molecule has 2 nitrogen and oxygen atoms in total. The minimum atomic E-state index is 0.882. The lowest BCUT2D eigenvalue weighted by Crippen LogP contribution is -1.90. The van der Waals surface area contributed by atoms with E-state index >= 15 is 0 Å². The fraction of sp³-hybridized carbons (Fsp3) is 0. The Labute approximate surface area is 283 Å². The Morgan fingerprint density at radius 1 is 0.327 bits per heavy atom. The summed E-state index contributed by atoms with van der Waals surface area (Å²) in [5.74, 6) is 0. The molecule has 0 fully saturated rings. The van der Waals surface area contributed by atoms with Crippen LogP contribution in [0.5, 0.6) is 0 Å². The quantitative estimate of drug-likeness (QED) is 0.182. The van der Waals surface area contributed by atoms with Gasteiger partial charge in [0.05, 0.1) is 11.2 Å². The van der Waals surface area contributed by atoms with E-state index in [4.69, 9.17) is 9.40 Å². The normalized spacial score (nSPS) is 11.7. The van der Waals surface area contributed by atoms with Crippen molar-refractivity contribution in [3.8, 4) is 44.6 Å². The van der Waals surface area contributed by atoms with Gasteiger partial charge in [0, 0.05) is 32.7 Å². The van der Waals surface area contributed by atoms with Gasteiger partial charge in [-0.1, -0.05) is 133 Å². The van der Waals surface area contributed by atoms with Gasteiger partial charge in [-0.3, -0.25) is 0 Å². The van der Waals surface area contributed by atoms with Crippen molar-refractivity contribution in [1.29, 1.82) is 0 Å². The first-order valence-electron chi connectivity index (χ1n) is 16.7. The fourth-order valence-corrected chi connectivity index (χ4v) is 7.47. The van der Waals surface area contributed by atoms with Crippen molar-refractivity contribution in [3.05, 3.63) is 176 Å². The van der Waals surface area contributed by atoms with Gasteiger partial charge in [-0.05, 0) is 86.4 Å². The summed E-state index contributed by atoms with van der Waals surface area (Å²) >= 11 is 0. The number of furan rings is 1. The Morgan fingerprint density at radius 2 is 0.898 bits per heavy atom. The van der Waals surface area contributed by atoms with Crippen LogP contribution in [0.2, 0.25) is 0 Å². The zero-order chi connectivity index (χ0) is 32.3. The molecule has 228 valence electrons. The predicted octanol–water partition coefficient (Wildman–Crippen LogP) is 13.1. The van der Waals surface area contributed by atoms with Crippen LogP contribution < -0.4 is 0 Å². The highest BCUT2D eigenvalue weighted by atomic mass is 16.3. The van der Waals surface area contributed by atoms with Crippen molar-refractivity contribution in [2.75, 3.05) is 0 Å². The lowest BCUT2D eigenvalue weighted by molar-refractivity contribution is 0.670. The maximum absolute atomic E-state index is 6.70. The Bertz CT molecular complexity index is 2830. The molecule has 8 aromatic carbocycles. The predicted molar refractivity (Wildman–Crippen MR) is 206 cm³/mol. The molecule has 0 N–H and O–H groups in total. The van der Waals surface area contributed by atoms with Gasteiger partial charge < -0.3 is 4.42 Å². The van der Waals surface area contributed by atoms with E-state index in [0.717, 1.165) is 55.4 Å². The lowest BCUT2D eigenvalue weighted by Gasteiger charge is -2.12. The first-order chi connectivity index (χ1) is 24.3.